The summed E-state index contributed by atoms with van der Waals surface area (Å²) in [5.74, 6) is -0.566. The highest BCUT2D eigenvalue weighted by atomic mass is 16.7. The molecular formula is C17H19N3O6. The summed E-state index contributed by atoms with van der Waals surface area (Å²) in [4.78, 5) is 35.6. The zero-order valence-electron chi connectivity index (χ0n) is 14.6. The van der Waals surface area contributed by atoms with Crippen LogP contribution in [0.5, 0.6) is 5.75 Å². The van der Waals surface area contributed by atoms with E-state index in [-0.39, 0.29) is 30.3 Å². The van der Waals surface area contributed by atoms with Crippen LogP contribution < -0.4 is 10.1 Å². The molecule has 1 aromatic carbocycles. The van der Waals surface area contributed by atoms with E-state index >= 15 is 0 Å². The number of aromatic nitrogens is 2. The lowest BCUT2D eigenvalue weighted by atomic mass is 10.2. The molecule has 0 spiro atoms. The lowest BCUT2D eigenvalue weighted by molar-refractivity contribution is 0.0527. The minimum atomic E-state index is -0.821. The molecule has 138 valence electrons. The molecule has 0 radical (unpaired) electrons. The number of carbonyl (C=O) groups is 3. The van der Waals surface area contributed by atoms with Gasteiger partial charge in [-0.25, -0.2) is 9.59 Å². The zero-order chi connectivity index (χ0) is 19.1. The van der Waals surface area contributed by atoms with Crippen LogP contribution in [-0.4, -0.2) is 41.0 Å². The number of carbonyl (C=O) groups excluding carboxylic acids is 3. The van der Waals surface area contributed by atoms with E-state index in [1.807, 2.05) is 0 Å². The van der Waals surface area contributed by atoms with Gasteiger partial charge in [-0.3, -0.25) is 9.48 Å². The van der Waals surface area contributed by atoms with Crippen molar-refractivity contribution in [2.45, 2.75) is 13.8 Å². The average molecular weight is 361 g/mol. The Hall–Kier alpha value is -3.36. The number of ether oxygens (including phenoxy) is 3. The van der Waals surface area contributed by atoms with Crippen molar-refractivity contribution in [1.29, 1.82) is 0 Å². The van der Waals surface area contributed by atoms with Gasteiger partial charge in [-0.15, -0.1) is 0 Å². The lowest BCUT2D eigenvalue weighted by Gasteiger charge is -2.09. The summed E-state index contributed by atoms with van der Waals surface area (Å²) in [6.07, 6.45) is 0.503. The summed E-state index contributed by atoms with van der Waals surface area (Å²) < 4.78 is 15.9. The van der Waals surface area contributed by atoms with E-state index in [0.717, 1.165) is 0 Å². The van der Waals surface area contributed by atoms with Crippen LogP contribution in [0.2, 0.25) is 0 Å². The van der Waals surface area contributed by atoms with Gasteiger partial charge in [-0.05, 0) is 38.1 Å². The molecule has 0 unspecified atom stereocenters. The predicted molar refractivity (Wildman–Crippen MR) is 91.2 cm³/mol. The summed E-state index contributed by atoms with van der Waals surface area (Å²) in [5.41, 5.74) is 0.460. The van der Waals surface area contributed by atoms with Gasteiger partial charge in [0.2, 0.25) is 0 Å². The van der Waals surface area contributed by atoms with E-state index in [0.29, 0.717) is 5.56 Å². The Morgan fingerprint density at radius 1 is 1.08 bits per heavy atom. The molecule has 0 aliphatic heterocycles. The highest BCUT2D eigenvalue weighted by Gasteiger charge is 2.19. The number of aryl methyl sites for hydroxylation is 1. The minimum Gasteiger partial charge on any atom is -0.462 e. The first-order chi connectivity index (χ1) is 12.5. The zero-order valence-corrected chi connectivity index (χ0v) is 14.6. The van der Waals surface area contributed by atoms with Crippen molar-refractivity contribution in [1.82, 2.24) is 9.78 Å². The highest BCUT2D eigenvalue weighted by Crippen LogP contribution is 2.18. The van der Waals surface area contributed by atoms with Crippen molar-refractivity contribution in [2.75, 3.05) is 18.5 Å². The first-order valence-corrected chi connectivity index (χ1v) is 7.91. The molecule has 0 atom stereocenters. The monoisotopic (exact) mass is 361 g/mol. The second-order valence-corrected chi connectivity index (χ2v) is 5.01. The van der Waals surface area contributed by atoms with Gasteiger partial charge in [0.15, 0.2) is 0 Å². The van der Waals surface area contributed by atoms with Gasteiger partial charge < -0.3 is 19.5 Å². The van der Waals surface area contributed by atoms with Crippen molar-refractivity contribution < 1.29 is 28.6 Å². The molecular weight excluding hydrogens is 342 g/mol. The Balaban J connectivity index is 2.10. The molecule has 0 aliphatic carbocycles. The molecule has 9 nitrogen and oxygen atoms in total. The largest absolute Gasteiger partial charge is 0.513 e. The van der Waals surface area contributed by atoms with Crippen molar-refractivity contribution in [3.8, 4) is 5.75 Å². The van der Waals surface area contributed by atoms with E-state index < -0.39 is 18.0 Å². The summed E-state index contributed by atoms with van der Waals surface area (Å²) in [7, 11) is 1.59. The normalized spacial score (nSPS) is 10.1. The molecule has 0 saturated carbocycles. The van der Waals surface area contributed by atoms with Crippen LogP contribution in [0.1, 0.15) is 34.6 Å². The van der Waals surface area contributed by atoms with Crippen molar-refractivity contribution in [3.63, 3.8) is 0 Å². The van der Waals surface area contributed by atoms with E-state index in [4.69, 9.17) is 9.47 Å². The van der Waals surface area contributed by atoms with Gasteiger partial charge in [-0.2, -0.15) is 5.10 Å². The fourth-order valence-electron chi connectivity index (χ4n) is 2.04. The molecule has 0 aliphatic rings. The van der Waals surface area contributed by atoms with Crippen LogP contribution in [0.25, 0.3) is 0 Å². The maximum atomic E-state index is 12.4. The molecule has 1 aromatic heterocycles. The molecule has 0 fully saturated rings. The molecule has 2 rings (SSSR count). The quantitative estimate of drug-likeness (QED) is 0.621. The molecule has 0 saturated heterocycles. The van der Waals surface area contributed by atoms with Crippen molar-refractivity contribution in [3.05, 3.63) is 41.6 Å². The van der Waals surface area contributed by atoms with Crippen LogP contribution in [0.3, 0.4) is 0 Å². The van der Waals surface area contributed by atoms with Crippen molar-refractivity contribution in [2.24, 2.45) is 7.05 Å². The minimum absolute atomic E-state index is 0.157. The molecule has 0 bridgehead atoms. The van der Waals surface area contributed by atoms with Crippen molar-refractivity contribution >= 4 is 23.8 Å². The van der Waals surface area contributed by atoms with Gasteiger partial charge in [0.1, 0.15) is 17.1 Å². The Labute approximate surface area is 149 Å². The SMILES string of the molecule is CCOC(=O)Oc1ccc(C(=O)Nc2c(C(=O)OCC)cnn2C)cc1. The first kappa shape index (κ1) is 19.0. The Bertz CT molecular complexity index is 797. The summed E-state index contributed by atoms with van der Waals surface area (Å²) in [5, 5.41) is 6.58. The van der Waals surface area contributed by atoms with E-state index in [2.05, 4.69) is 15.2 Å². The standard InChI is InChI=1S/C17H19N3O6/c1-4-24-16(22)13-10-18-20(3)14(13)19-15(21)11-6-8-12(9-7-11)26-17(23)25-5-2/h6-10H,4-5H2,1-3H3,(H,19,21). The van der Waals surface area contributed by atoms with E-state index in [1.54, 1.807) is 20.9 Å². The van der Waals surface area contributed by atoms with Gasteiger partial charge >= 0.3 is 12.1 Å². The molecule has 1 amide bonds. The second-order valence-electron chi connectivity index (χ2n) is 5.01. The Morgan fingerprint density at radius 3 is 2.35 bits per heavy atom. The molecule has 1 heterocycles. The maximum absolute atomic E-state index is 12.4. The number of nitrogens with one attached hydrogen (secondary N) is 1. The number of rotatable bonds is 6. The van der Waals surface area contributed by atoms with Gasteiger partial charge in [0, 0.05) is 12.6 Å². The molecule has 2 aromatic rings. The van der Waals surface area contributed by atoms with E-state index in [9.17, 15) is 14.4 Å². The Morgan fingerprint density at radius 2 is 1.73 bits per heavy atom. The Kier molecular flexibility index (Phi) is 6.31. The van der Waals surface area contributed by atoms with Crippen LogP contribution in [-0.2, 0) is 16.5 Å². The topological polar surface area (TPSA) is 109 Å². The smallest absolute Gasteiger partial charge is 0.462 e. The number of anilines is 1. The third-order valence-electron chi connectivity index (χ3n) is 3.25. The third-order valence-corrected chi connectivity index (χ3v) is 3.25. The number of benzene rings is 1. The van der Waals surface area contributed by atoms with Crippen LogP contribution in [0.15, 0.2) is 30.5 Å². The number of amides is 1. The fraction of sp³-hybridized carbons (Fsp3) is 0.294. The lowest BCUT2D eigenvalue weighted by Crippen LogP contribution is -2.17. The fourth-order valence-corrected chi connectivity index (χ4v) is 2.04. The van der Waals surface area contributed by atoms with E-state index in [1.165, 1.54) is 35.1 Å². The van der Waals surface area contributed by atoms with Gasteiger partial charge in [0.25, 0.3) is 5.91 Å². The number of hydrogen-bond acceptors (Lipinski definition) is 7. The van der Waals surface area contributed by atoms with Crippen LogP contribution >= 0.6 is 0 Å². The van der Waals surface area contributed by atoms with Crippen LogP contribution in [0, 0.1) is 0 Å². The number of esters is 1. The molecule has 9 heteroatoms. The third kappa shape index (κ3) is 4.59. The highest BCUT2D eigenvalue weighted by molar-refractivity contribution is 6.07. The average Bonchev–Trinajstić information content (AvgIpc) is 2.96. The maximum Gasteiger partial charge on any atom is 0.513 e. The molecule has 1 N–H and O–H groups in total. The predicted octanol–water partition coefficient (Wildman–Crippen LogP) is 2.38. The summed E-state index contributed by atoms with van der Waals surface area (Å²) in [6, 6.07) is 5.87. The van der Waals surface area contributed by atoms with Gasteiger partial charge in [0.05, 0.1) is 19.4 Å². The number of hydrogen-bond donors (Lipinski definition) is 1. The second kappa shape index (κ2) is 8.65. The number of nitrogens with zero attached hydrogens (tertiary/aromatic N) is 2. The summed E-state index contributed by atoms with van der Waals surface area (Å²) >= 11 is 0. The first-order valence-electron chi connectivity index (χ1n) is 7.91. The molecule has 26 heavy (non-hydrogen) atoms. The summed E-state index contributed by atoms with van der Waals surface area (Å²) in [6.45, 7) is 3.76. The van der Waals surface area contributed by atoms with Gasteiger partial charge in [-0.1, -0.05) is 0 Å². The van der Waals surface area contributed by atoms with Crippen LogP contribution in [0.4, 0.5) is 10.6 Å².